The Hall–Kier alpha value is -0.670. The predicted octanol–water partition coefficient (Wildman–Crippen LogP) is 3.40. The van der Waals surface area contributed by atoms with Crippen molar-refractivity contribution in [2.75, 3.05) is 0 Å². The lowest BCUT2D eigenvalue weighted by Gasteiger charge is -1.91. The van der Waals surface area contributed by atoms with Gasteiger partial charge in [-0.25, -0.2) is 9.37 Å². The van der Waals surface area contributed by atoms with Gasteiger partial charge in [-0.3, -0.25) is 0 Å². The zero-order chi connectivity index (χ0) is 8.72. The molecule has 4 heteroatoms. The second-order valence-electron chi connectivity index (χ2n) is 2.47. The largest absolute Gasteiger partial charge is 0.240 e. The fourth-order valence-electron chi connectivity index (χ4n) is 1.07. The summed E-state index contributed by atoms with van der Waals surface area (Å²) in [4.78, 5) is 4.17. The van der Waals surface area contributed by atoms with Gasteiger partial charge in [-0.15, -0.1) is 11.3 Å². The van der Waals surface area contributed by atoms with Gasteiger partial charge in [-0.2, -0.15) is 0 Å². The Bertz CT molecular complexity index is 438. The minimum atomic E-state index is -0.309. The Morgan fingerprint density at radius 3 is 3.00 bits per heavy atom. The van der Waals surface area contributed by atoms with E-state index in [2.05, 4.69) is 4.98 Å². The van der Waals surface area contributed by atoms with E-state index in [4.69, 9.17) is 11.6 Å². The first-order valence-electron chi connectivity index (χ1n) is 3.39. The lowest BCUT2D eigenvalue weighted by molar-refractivity contribution is 0.630. The fourth-order valence-corrected chi connectivity index (χ4v) is 2.25. The average Bonchev–Trinajstić information content (AvgIpc) is 2.29. The number of fused-ring (bicyclic) bond motifs is 1. The van der Waals surface area contributed by atoms with Gasteiger partial charge in [-0.1, -0.05) is 11.6 Å². The summed E-state index contributed by atoms with van der Waals surface area (Å²) in [5, 5.41) is 1.28. The maximum absolute atomic E-state index is 12.8. The summed E-state index contributed by atoms with van der Waals surface area (Å²) < 4.78 is 13.6. The minimum Gasteiger partial charge on any atom is -0.240 e. The van der Waals surface area contributed by atoms with Gasteiger partial charge in [0, 0.05) is 0 Å². The van der Waals surface area contributed by atoms with Crippen LogP contribution in [0.15, 0.2) is 12.1 Å². The number of benzene rings is 1. The normalized spacial score (nSPS) is 10.9. The monoisotopic (exact) mass is 201 g/mol. The van der Waals surface area contributed by atoms with Gasteiger partial charge >= 0.3 is 0 Å². The molecule has 0 saturated carbocycles. The third-order valence-corrected chi connectivity index (χ3v) is 2.73. The van der Waals surface area contributed by atoms with Crippen LogP contribution in [-0.2, 0) is 0 Å². The highest BCUT2D eigenvalue weighted by Crippen LogP contribution is 2.28. The SMILES string of the molecule is Cc1nc2c(Cl)cc(F)cc2s1. The molecule has 1 nitrogen and oxygen atoms in total. The van der Waals surface area contributed by atoms with Crippen molar-refractivity contribution in [1.29, 1.82) is 0 Å². The Morgan fingerprint density at radius 2 is 2.25 bits per heavy atom. The highest BCUT2D eigenvalue weighted by Gasteiger charge is 2.06. The minimum absolute atomic E-state index is 0.309. The van der Waals surface area contributed by atoms with Crippen molar-refractivity contribution >= 4 is 33.2 Å². The van der Waals surface area contributed by atoms with Crippen LogP contribution in [0.2, 0.25) is 5.02 Å². The lowest BCUT2D eigenvalue weighted by Crippen LogP contribution is -1.75. The van der Waals surface area contributed by atoms with Gasteiger partial charge in [0.2, 0.25) is 0 Å². The van der Waals surface area contributed by atoms with Crippen LogP contribution in [0.3, 0.4) is 0 Å². The maximum Gasteiger partial charge on any atom is 0.126 e. The van der Waals surface area contributed by atoms with Crippen molar-refractivity contribution in [2.24, 2.45) is 0 Å². The molecular formula is C8H5ClFNS. The molecule has 0 aliphatic carbocycles. The Morgan fingerprint density at radius 1 is 1.50 bits per heavy atom. The molecule has 0 bridgehead atoms. The van der Waals surface area contributed by atoms with E-state index in [1.807, 2.05) is 6.92 Å². The van der Waals surface area contributed by atoms with Crippen LogP contribution in [0.4, 0.5) is 4.39 Å². The third-order valence-electron chi connectivity index (χ3n) is 1.52. The van der Waals surface area contributed by atoms with Gasteiger partial charge in [0.05, 0.1) is 14.7 Å². The first kappa shape index (κ1) is 7.95. The summed E-state index contributed by atoms with van der Waals surface area (Å²) in [6, 6.07) is 2.73. The predicted molar refractivity (Wildman–Crippen MR) is 49.3 cm³/mol. The molecule has 0 aliphatic rings. The molecule has 0 N–H and O–H groups in total. The van der Waals surface area contributed by atoms with E-state index in [-0.39, 0.29) is 5.82 Å². The summed E-state index contributed by atoms with van der Waals surface area (Å²) in [6.07, 6.45) is 0. The van der Waals surface area contributed by atoms with Crippen molar-refractivity contribution < 1.29 is 4.39 Å². The van der Waals surface area contributed by atoms with Crippen LogP contribution >= 0.6 is 22.9 Å². The van der Waals surface area contributed by atoms with Crippen molar-refractivity contribution in [1.82, 2.24) is 4.98 Å². The number of rotatable bonds is 0. The van der Waals surface area contributed by atoms with Crippen LogP contribution in [0, 0.1) is 12.7 Å². The smallest absolute Gasteiger partial charge is 0.126 e. The third kappa shape index (κ3) is 1.19. The van der Waals surface area contributed by atoms with E-state index >= 15 is 0 Å². The van der Waals surface area contributed by atoms with Crippen LogP contribution in [0.5, 0.6) is 0 Å². The molecular weight excluding hydrogens is 197 g/mol. The number of hydrogen-bond donors (Lipinski definition) is 0. The van der Waals surface area contributed by atoms with Crippen molar-refractivity contribution in [2.45, 2.75) is 6.92 Å². The van der Waals surface area contributed by atoms with E-state index in [1.165, 1.54) is 23.5 Å². The molecule has 0 radical (unpaired) electrons. The average molecular weight is 202 g/mol. The quantitative estimate of drug-likeness (QED) is 0.637. The Kier molecular flexibility index (Phi) is 1.77. The molecule has 62 valence electrons. The summed E-state index contributed by atoms with van der Waals surface area (Å²) in [5.41, 5.74) is 0.695. The van der Waals surface area contributed by atoms with Crippen LogP contribution in [-0.4, -0.2) is 4.98 Å². The molecule has 0 spiro atoms. The molecule has 0 unspecified atom stereocenters. The zero-order valence-electron chi connectivity index (χ0n) is 6.27. The van der Waals surface area contributed by atoms with Gasteiger partial charge in [0.15, 0.2) is 0 Å². The maximum atomic E-state index is 12.8. The van der Waals surface area contributed by atoms with Crippen molar-refractivity contribution in [3.63, 3.8) is 0 Å². The van der Waals surface area contributed by atoms with Crippen LogP contribution < -0.4 is 0 Å². The molecule has 1 aromatic carbocycles. The number of aromatic nitrogens is 1. The van der Waals surface area contributed by atoms with Gasteiger partial charge in [-0.05, 0) is 19.1 Å². The number of thiazole rings is 1. The van der Waals surface area contributed by atoms with Gasteiger partial charge in [0.25, 0.3) is 0 Å². The van der Waals surface area contributed by atoms with E-state index in [0.29, 0.717) is 10.5 Å². The highest BCUT2D eigenvalue weighted by molar-refractivity contribution is 7.18. The molecule has 2 rings (SSSR count). The fraction of sp³-hybridized carbons (Fsp3) is 0.125. The summed E-state index contributed by atoms with van der Waals surface area (Å²) in [5.74, 6) is -0.309. The topological polar surface area (TPSA) is 12.9 Å². The van der Waals surface area contributed by atoms with Crippen LogP contribution in [0.25, 0.3) is 10.2 Å². The number of nitrogens with zero attached hydrogens (tertiary/aromatic N) is 1. The first-order chi connectivity index (χ1) is 5.66. The number of aryl methyl sites for hydroxylation is 1. The summed E-state index contributed by atoms with van der Waals surface area (Å²) >= 11 is 7.22. The molecule has 12 heavy (non-hydrogen) atoms. The van der Waals surface area contributed by atoms with Gasteiger partial charge in [0.1, 0.15) is 11.3 Å². The molecule has 0 amide bonds. The van der Waals surface area contributed by atoms with E-state index < -0.39 is 0 Å². The molecule has 1 aromatic heterocycles. The molecule has 1 heterocycles. The number of halogens is 2. The highest BCUT2D eigenvalue weighted by atomic mass is 35.5. The van der Waals surface area contributed by atoms with Gasteiger partial charge < -0.3 is 0 Å². The Balaban J connectivity index is 2.88. The van der Waals surface area contributed by atoms with E-state index in [1.54, 1.807) is 0 Å². The standard InChI is InChI=1S/C8H5ClFNS/c1-4-11-8-6(9)2-5(10)3-7(8)12-4/h2-3H,1H3. The van der Waals surface area contributed by atoms with Crippen molar-refractivity contribution in [3.8, 4) is 0 Å². The number of hydrogen-bond acceptors (Lipinski definition) is 2. The molecule has 2 aromatic rings. The second kappa shape index (κ2) is 2.68. The first-order valence-corrected chi connectivity index (χ1v) is 4.58. The molecule has 0 fully saturated rings. The second-order valence-corrected chi connectivity index (χ2v) is 4.11. The molecule has 0 atom stereocenters. The summed E-state index contributed by atoms with van der Waals surface area (Å²) in [7, 11) is 0. The summed E-state index contributed by atoms with van der Waals surface area (Å²) in [6.45, 7) is 1.87. The van der Waals surface area contributed by atoms with E-state index in [9.17, 15) is 4.39 Å². The lowest BCUT2D eigenvalue weighted by atomic mass is 10.3. The zero-order valence-corrected chi connectivity index (χ0v) is 7.84. The van der Waals surface area contributed by atoms with Crippen molar-refractivity contribution in [3.05, 3.63) is 28.0 Å². The molecule has 0 saturated heterocycles. The van der Waals surface area contributed by atoms with Crippen LogP contribution in [0.1, 0.15) is 5.01 Å². The Labute approximate surface area is 77.8 Å². The van der Waals surface area contributed by atoms with E-state index in [0.717, 1.165) is 9.71 Å². The molecule has 0 aliphatic heterocycles.